The molecule has 1 aliphatic heterocycles. The Labute approximate surface area is 279 Å². The molecule has 4 aromatic rings. The van der Waals surface area contributed by atoms with Gasteiger partial charge in [0.25, 0.3) is 0 Å². The zero-order chi connectivity index (χ0) is 33.0. The van der Waals surface area contributed by atoms with Crippen molar-refractivity contribution in [2.45, 2.75) is 75.3 Å². The van der Waals surface area contributed by atoms with Crippen LogP contribution in [0.1, 0.15) is 73.2 Å². The van der Waals surface area contributed by atoms with Crippen molar-refractivity contribution >= 4 is 23.6 Å². The van der Waals surface area contributed by atoms with E-state index in [0.29, 0.717) is 32.2 Å². The average Bonchev–Trinajstić information content (AvgIpc) is 3.53. The first kappa shape index (κ1) is 34.3. The quantitative estimate of drug-likeness (QED) is 0.0530. The number of aryl methyl sites for hydroxylation is 1. The molecular formula is C36H42N4O6S. The largest absolute Gasteiger partial charge is 0.392 e. The Morgan fingerprint density at radius 2 is 1.66 bits per heavy atom. The third-order valence-electron chi connectivity index (χ3n) is 8.16. The van der Waals surface area contributed by atoms with Crippen LogP contribution in [0.2, 0.25) is 0 Å². The number of aromatic nitrogens is 2. The van der Waals surface area contributed by atoms with Crippen LogP contribution in [-0.4, -0.2) is 43.5 Å². The van der Waals surface area contributed by atoms with Crippen LogP contribution < -0.4 is 10.8 Å². The van der Waals surface area contributed by atoms with Crippen LogP contribution in [0.25, 0.3) is 11.1 Å². The Morgan fingerprint density at radius 3 is 2.36 bits per heavy atom. The molecule has 2 heterocycles. The number of ether oxygens (including phenoxy) is 2. The van der Waals surface area contributed by atoms with Gasteiger partial charge in [-0.25, -0.2) is 10.5 Å². The first-order valence-electron chi connectivity index (χ1n) is 15.9. The SMILES string of the molecule is Cn1ccnc1SCC1CC(c2ccc(CO)cc2)OC(c2ccc(-c3cccc(CNC(=O)CCCCCC(=O)NO)c3)cc2)O1. The van der Waals surface area contributed by atoms with Crippen LogP contribution in [0, 0.1) is 0 Å². The first-order chi connectivity index (χ1) is 22.9. The fraction of sp³-hybridized carbons (Fsp3) is 0.361. The lowest BCUT2D eigenvalue weighted by atomic mass is 9.99. The minimum absolute atomic E-state index is 0.000870. The molecule has 0 radical (unpaired) electrons. The van der Waals surface area contributed by atoms with Gasteiger partial charge in [0.15, 0.2) is 11.4 Å². The lowest BCUT2D eigenvalue weighted by molar-refractivity contribution is -0.245. The molecule has 3 aromatic carbocycles. The number of aliphatic hydroxyl groups is 1. The van der Waals surface area contributed by atoms with Gasteiger partial charge < -0.3 is 24.5 Å². The van der Waals surface area contributed by atoms with Crippen LogP contribution in [0.3, 0.4) is 0 Å². The van der Waals surface area contributed by atoms with E-state index in [9.17, 15) is 14.7 Å². The predicted octanol–water partition coefficient (Wildman–Crippen LogP) is 5.99. The summed E-state index contributed by atoms with van der Waals surface area (Å²) in [5.41, 5.74) is 7.55. The predicted molar refractivity (Wildman–Crippen MR) is 179 cm³/mol. The highest BCUT2D eigenvalue weighted by Gasteiger charge is 2.32. The summed E-state index contributed by atoms with van der Waals surface area (Å²) in [4.78, 5) is 27.8. The number of carbonyl (C=O) groups excluding carboxylic acids is 2. The Kier molecular flexibility index (Phi) is 12.6. The second-order valence-electron chi connectivity index (χ2n) is 11.7. The van der Waals surface area contributed by atoms with E-state index in [1.807, 2.05) is 72.4 Å². The first-order valence-corrected chi connectivity index (χ1v) is 16.9. The second-order valence-corrected chi connectivity index (χ2v) is 12.7. The molecule has 10 nitrogen and oxygen atoms in total. The molecule has 1 saturated heterocycles. The van der Waals surface area contributed by atoms with E-state index in [-0.39, 0.29) is 31.1 Å². The van der Waals surface area contributed by atoms with Crippen molar-refractivity contribution in [2.24, 2.45) is 7.05 Å². The molecule has 11 heteroatoms. The van der Waals surface area contributed by atoms with Gasteiger partial charge in [0.1, 0.15) is 0 Å². The summed E-state index contributed by atoms with van der Waals surface area (Å²) in [6, 6.07) is 24.2. The van der Waals surface area contributed by atoms with Crippen LogP contribution in [0.15, 0.2) is 90.3 Å². The molecule has 1 aliphatic rings. The number of hydrogen-bond acceptors (Lipinski definition) is 8. The highest BCUT2D eigenvalue weighted by Crippen LogP contribution is 2.39. The molecule has 1 aromatic heterocycles. The molecule has 0 bridgehead atoms. The third-order valence-corrected chi connectivity index (χ3v) is 9.35. The smallest absolute Gasteiger partial charge is 0.243 e. The topological polar surface area (TPSA) is 135 Å². The summed E-state index contributed by atoms with van der Waals surface area (Å²) in [5.74, 6) is 0.300. The lowest BCUT2D eigenvalue weighted by Crippen LogP contribution is -2.31. The van der Waals surface area contributed by atoms with E-state index < -0.39 is 12.2 Å². The number of carbonyl (C=O) groups is 2. The summed E-state index contributed by atoms with van der Waals surface area (Å²) in [6.07, 6.45) is 6.38. The van der Waals surface area contributed by atoms with Gasteiger partial charge >= 0.3 is 0 Å². The van der Waals surface area contributed by atoms with Gasteiger partial charge in [0.05, 0.1) is 18.8 Å². The number of nitrogens with zero attached hydrogens (tertiary/aromatic N) is 2. The highest BCUT2D eigenvalue weighted by molar-refractivity contribution is 7.99. The number of unbranched alkanes of at least 4 members (excludes halogenated alkanes) is 2. The van der Waals surface area contributed by atoms with E-state index in [1.54, 1.807) is 23.4 Å². The molecule has 0 spiro atoms. The number of thioether (sulfide) groups is 1. The van der Waals surface area contributed by atoms with Crippen molar-refractivity contribution in [1.82, 2.24) is 20.3 Å². The number of benzene rings is 3. The molecule has 0 aliphatic carbocycles. The van der Waals surface area contributed by atoms with E-state index >= 15 is 0 Å². The fourth-order valence-corrected chi connectivity index (χ4v) is 6.42. The van der Waals surface area contributed by atoms with Gasteiger partial charge in [-0.15, -0.1) is 0 Å². The monoisotopic (exact) mass is 658 g/mol. The summed E-state index contributed by atoms with van der Waals surface area (Å²) >= 11 is 1.67. The van der Waals surface area contributed by atoms with Crippen molar-refractivity contribution in [1.29, 1.82) is 0 Å². The summed E-state index contributed by atoms with van der Waals surface area (Å²) in [7, 11) is 1.98. The van der Waals surface area contributed by atoms with Gasteiger partial charge in [0, 0.05) is 56.6 Å². The fourth-order valence-electron chi connectivity index (χ4n) is 5.47. The van der Waals surface area contributed by atoms with Crippen molar-refractivity contribution < 1.29 is 29.4 Å². The van der Waals surface area contributed by atoms with E-state index in [1.165, 1.54) is 0 Å². The number of imidazole rings is 1. The number of amides is 2. The van der Waals surface area contributed by atoms with E-state index in [4.69, 9.17) is 14.7 Å². The van der Waals surface area contributed by atoms with Crippen molar-refractivity contribution in [3.63, 3.8) is 0 Å². The van der Waals surface area contributed by atoms with Gasteiger partial charge in [-0.1, -0.05) is 84.9 Å². The van der Waals surface area contributed by atoms with Crippen LogP contribution in [0.5, 0.6) is 0 Å². The Hall–Kier alpha value is -4.00. The maximum Gasteiger partial charge on any atom is 0.243 e. The highest BCUT2D eigenvalue weighted by atomic mass is 32.2. The van der Waals surface area contributed by atoms with Crippen molar-refractivity contribution in [3.8, 4) is 11.1 Å². The number of hydrogen-bond donors (Lipinski definition) is 4. The van der Waals surface area contributed by atoms with Crippen molar-refractivity contribution in [2.75, 3.05) is 5.75 Å². The van der Waals surface area contributed by atoms with Crippen LogP contribution >= 0.6 is 11.8 Å². The lowest BCUT2D eigenvalue weighted by Gasteiger charge is -2.36. The molecule has 5 rings (SSSR count). The van der Waals surface area contributed by atoms with E-state index in [2.05, 4.69) is 28.5 Å². The van der Waals surface area contributed by atoms with Gasteiger partial charge in [-0.3, -0.25) is 14.8 Å². The third kappa shape index (κ3) is 9.99. The summed E-state index contributed by atoms with van der Waals surface area (Å²) < 4.78 is 15.0. The molecular weight excluding hydrogens is 616 g/mol. The number of aliphatic hydroxyl groups excluding tert-OH is 1. The van der Waals surface area contributed by atoms with Gasteiger partial charge in [-0.05, 0) is 46.7 Å². The van der Waals surface area contributed by atoms with Gasteiger partial charge in [-0.2, -0.15) is 0 Å². The Balaban J connectivity index is 1.20. The Bertz CT molecular complexity index is 1590. The number of rotatable bonds is 15. The zero-order valence-electron chi connectivity index (χ0n) is 26.5. The minimum atomic E-state index is -0.541. The molecule has 2 amide bonds. The second kappa shape index (κ2) is 17.2. The summed E-state index contributed by atoms with van der Waals surface area (Å²) in [6.45, 7) is 0.431. The molecule has 3 atom stereocenters. The van der Waals surface area contributed by atoms with Crippen LogP contribution in [0.4, 0.5) is 0 Å². The van der Waals surface area contributed by atoms with E-state index in [0.717, 1.165) is 50.7 Å². The maximum atomic E-state index is 12.3. The molecule has 3 unspecified atom stereocenters. The molecule has 248 valence electrons. The molecule has 4 N–H and O–H groups in total. The molecule has 47 heavy (non-hydrogen) atoms. The summed E-state index contributed by atoms with van der Waals surface area (Å²) in [5, 5.41) is 22.0. The number of nitrogens with one attached hydrogen (secondary N) is 2. The maximum absolute atomic E-state index is 12.3. The standard InChI is InChI=1S/C36H42N4O6S/c1-40-19-18-37-36(40)47-24-31-21-32(28-12-10-25(23-41)11-13-28)46-35(45-31)29-16-14-27(15-17-29)30-7-5-6-26(20-30)22-38-33(42)8-3-2-4-9-34(43)39-44/h5-7,10-20,31-32,35,41,44H,2-4,8-9,21-24H2,1H3,(H,38,42)(H,39,43). The zero-order valence-corrected chi connectivity index (χ0v) is 27.3. The minimum Gasteiger partial charge on any atom is -0.392 e. The van der Waals surface area contributed by atoms with Gasteiger partial charge in [0.2, 0.25) is 11.8 Å². The Morgan fingerprint density at radius 1 is 0.915 bits per heavy atom. The van der Waals surface area contributed by atoms with Crippen LogP contribution in [-0.2, 0) is 39.3 Å². The number of hydroxylamine groups is 1. The van der Waals surface area contributed by atoms with Crippen molar-refractivity contribution in [3.05, 3.63) is 107 Å². The average molecular weight is 659 g/mol. The molecule has 0 saturated carbocycles. The molecule has 1 fully saturated rings. The normalized spacial score (nSPS) is 17.7.